The van der Waals surface area contributed by atoms with E-state index in [0.717, 1.165) is 53.1 Å². The lowest BCUT2D eigenvalue weighted by atomic mass is 9.95. The van der Waals surface area contributed by atoms with E-state index in [4.69, 9.17) is 9.47 Å². The van der Waals surface area contributed by atoms with Gasteiger partial charge in [-0.3, -0.25) is 0 Å². The Morgan fingerprint density at radius 1 is 0.560 bits per heavy atom. The highest BCUT2D eigenvalue weighted by molar-refractivity contribution is 9.10. The van der Waals surface area contributed by atoms with Crippen molar-refractivity contribution in [3.05, 3.63) is 108 Å². The van der Waals surface area contributed by atoms with Crippen LogP contribution in [0.1, 0.15) is 79.1 Å². The summed E-state index contributed by atoms with van der Waals surface area (Å²) in [6.07, 6.45) is 9.78. The molecule has 0 aliphatic rings. The van der Waals surface area contributed by atoms with Gasteiger partial charge in [0.05, 0.1) is 18.7 Å². The van der Waals surface area contributed by atoms with Gasteiger partial charge in [0.25, 0.3) is 0 Å². The first kappa shape index (κ1) is 35.8. The lowest BCUT2D eigenvalue weighted by Gasteiger charge is -2.16. The number of fused-ring (bicyclic) bond motifs is 3. The molecular formula is C46H52BrNO2. The predicted octanol–water partition coefficient (Wildman–Crippen LogP) is 14.3. The zero-order chi connectivity index (χ0) is 34.9. The topological polar surface area (TPSA) is 34.2 Å². The van der Waals surface area contributed by atoms with Crippen LogP contribution in [0.4, 0.5) is 0 Å². The number of benzene rings is 5. The molecule has 2 atom stereocenters. The molecule has 260 valence electrons. The zero-order valence-corrected chi connectivity index (χ0v) is 31.8. The Balaban J connectivity index is 1.32. The molecule has 0 saturated carbocycles. The standard InChI is InChI=1S/C46H52BrNO2/c1-5-9-12-32(7-3)30-49-40-21-16-34(17-22-40)36-20-25-45-43(27-36)44-29-38(28-42(46(44)48-45)37-14-11-15-39(47)26-37)35-18-23-41(24-19-35)50-31-33(8-4)13-10-6-2/h11,14-29,32-33,48H,5-10,12-13,30-31H2,1-4H3. The van der Waals surface area contributed by atoms with Gasteiger partial charge in [0, 0.05) is 26.3 Å². The van der Waals surface area contributed by atoms with Crippen LogP contribution in [0.15, 0.2) is 108 Å². The Bertz CT molecular complexity index is 1970. The summed E-state index contributed by atoms with van der Waals surface area (Å²) in [4.78, 5) is 3.78. The van der Waals surface area contributed by atoms with E-state index in [-0.39, 0.29) is 0 Å². The number of hydrogen-bond acceptors (Lipinski definition) is 2. The van der Waals surface area contributed by atoms with Crippen LogP contribution in [-0.2, 0) is 0 Å². The average Bonchev–Trinajstić information content (AvgIpc) is 3.53. The average molecular weight is 731 g/mol. The fraction of sp³-hybridized carbons (Fsp3) is 0.348. The monoisotopic (exact) mass is 729 g/mol. The first-order valence-corrected chi connectivity index (χ1v) is 19.6. The molecule has 2 unspecified atom stereocenters. The van der Waals surface area contributed by atoms with Crippen molar-refractivity contribution in [2.45, 2.75) is 79.1 Å². The van der Waals surface area contributed by atoms with Crippen molar-refractivity contribution < 1.29 is 9.47 Å². The summed E-state index contributed by atoms with van der Waals surface area (Å²) in [6, 6.07) is 37.3. The second-order valence-electron chi connectivity index (χ2n) is 13.8. The molecule has 6 aromatic rings. The van der Waals surface area contributed by atoms with Gasteiger partial charge in [0.1, 0.15) is 11.5 Å². The number of halogens is 1. The highest BCUT2D eigenvalue weighted by Gasteiger charge is 2.15. The molecule has 0 amide bonds. The molecule has 50 heavy (non-hydrogen) atoms. The van der Waals surface area contributed by atoms with Gasteiger partial charge in [-0.05, 0) is 113 Å². The van der Waals surface area contributed by atoms with Crippen LogP contribution in [0, 0.1) is 11.8 Å². The van der Waals surface area contributed by atoms with Crippen LogP contribution in [0.5, 0.6) is 11.5 Å². The highest BCUT2D eigenvalue weighted by atomic mass is 79.9. The number of aromatic amines is 1. The number of aromatic nitrogens is 1. The molecule has 3 nitrogen and oxygen atoms in total. The molecule has 0 radical (unpaired) electrons. The Morgan fingerprint density at radius 2 is 1.12 bits per heavy atom. The third-order valence-electron chi connectivity index (χ3n) is 10.3. The van der Waals surface area contributed by atoms with E-state index in [9.17, 15) is 0 Å². The summed E-state index contributed by atoms with van der Waals surface area (Å²) in [5, 5.41) is 2.43. The van der Waals surface area contributed by atoms with E-state index < -0.39 is 0 Å². The summed E-state index contributed by atoms with van der Waals surface area (Å²) >= 11 is 3.71. The second-order valence-corrected chi connectivity index (χ2v) is 14.8. The minimum Gasteiger partial charge on any atom is -0.493 e. The summed E-state index contributed by atoms with van der Waals surface area (Å²) in [6.45, 7) is 10.6. The number of H-pyrrole nitrogens is 1. The minimum atomic E-state index is 0.608. The van der Waals surface area contributed by atoms with Crippen molar-refractivity contribution in [1.29, 1.82) is 0 Å². The van der Waals surface area contributed by atoms with E-state index in [1.165, 1.54) is 82.7 Å². The Hall–Kier alpha value is -4.02. The molecule has 0 aliphatic carbocycles. The third kappa shape index (κ3) is 8.64. The largest absolute Gasteiger partial charge is 0.493 e. The van der Waals surface area contributed by atoms with E-state index in [1.807, 2.05) is 0 Å². The third-order valence-corrected chi connectivity index (χ3v) is 10.8. The molecule has 0 aliphatic heterocycles. The van der Waals surface area contributed by atoms with Crippen molar-refractivity contribution in [2.75, 3.05) is 13.2 Å². The van der Waals surface area contributed by atoms with Crippen molar-refractivity contribution in [3.63, 3.8) is 0 Å². The maximum atomic E-state index is 6.26. The summed E-state index contributed by atoms with van der Waals surface area (Å²) in [5.74, 6) is 3.10. The fourth-order valence-corrected chi connectivity index (χ4v) is 7.34. The van der Waals surface area contributed by atoms with E-state index in [0.29, 0.717) is 11.8 Å². The van der Waals surface area contributed by atoms with E-state index in [2.05, 4.69) is 152 Å². The summed E-state index contributed by atoms with van der Waals surface area (Å²) < 4.78 is 13.5. The van der Waals surface area contributed by atoms with Crippen molar-refractivity contribution in [3.8, 4) is 44.9 Å². The molecule has 0 bridgehead atoms. The number of ether oxygens (including phenoxy) is 2. The first-order chi connectivity index (χ1) is 24.5. The van der Waals surface area contributed by atoms with Gasteiger partial charge in [-0.15, -0.1) is 0 Å². The summed E-state index contributed by atoms with van der Waals surface area (Å²) in [7, 11) is 0. The molecule has 1 heterocycles. The molecule has 0 spiro atoms. The van der Waals surface area contributed by atoms with Gasteiger partial charge >= 0.3 is 0 Å². The molecule has 1 N–H and O–H groups in total. The number of nitrogens with one attached hydrogen (secondary N) is 1. The van der Waals surface area contributed by atoms with Gasteiger partial charge in [-0.2, -0.15) is 0 Å². The molecule has 5 aromatic carbocycles. The Kier molecular flexibility index (Phi) is 12.4. The Morgan fingerprint density at radius 3 is 1.68 bits per heavy atom. The van der Waals surface area contributed by atoms with Gasteiger partial charge in [-0.1, -0.05) is 125 Å². The van der Waals surface area contributed by atoms with Crippen LogP contribution < -0.4 is 9.47 Å². The van der Waals surface area contributed by atoms with Gasteiger partial charge in [-0.25, -0.2) is 0 Å². The van der Waals surface area contributed by atoms with E-state index in [1.54, 1.807) is 0 Å². The molecule has 1 aromatic heterocycles. The van der Waals surface area contributed by atoms with Crippen LogP contribution in [-0.4, -0.2) is 18.2 Å². The molecule has 0 saturated heterocycles. The maximum Gasteiger partial charge on any atom is 0.119 e. The Labute approximate surface area is 307 Å². The van der Waals surface area contributed by atoms with E-state index >= 15 is 0 Å². The van der Waals surface area contributed by atoms with Gasteiger partial charge in [0.15, 0.2) is 0 Å². The van der Waals surface area contributed by atoms with Gasteiger partial charge in [0.2, 0.25) is 0 Å². The normalized spacial score (nSPS) is 12.7. The van der Waals surface area contributed by atoms with Crippen LogP contribution >= 0.6 is 15.9 Å². The van der Waals surface area contributed by atoms with Crippen LogP contribution in [0.3, 0.4) is 0 Å². The first-order valence-electron chi connectivity index (χ1n) is 18.8. The van der Waals surface area contributed by atoms with Crippen molar-refractivity contribution in [1.82, 2.24) is 4.98 Å². The van der Waals surface area contributed by atoms with Crippen LogP contribution in [0.2, 0.25) is 0 Å². The number of unbranched alkanes of at least 4 members (excludes halogenated alkanes) is 2. The van der Waals surface area contributed by atoms with Crippen LogP contribution in [0.25, 0.3) is 55.2 Å². The predicted molar refractivity (Wildman–Crippen MR) is 217 cm³/mol. The fourth-order valence-electron chi connectivity index (χ4n) is 6.94. The quantitative estimate of drug-likeness (QED) is 0.101. The number of hydrogen-bond donors (Lipinski definition) is 1. The van der Waals surface area contributed by atoms with Gasteiger partial charge < -0.3 is 14.5 Å². The molecule has 0 fully saturated rings. The minimum absolute atomic E-state index is 0.608. The lowest BCUT2D eigenvalue weighted by Crippen LogP contribution is -2.11. The zero-order valence-electron chi connectivity index (χ0n) is 30.2. The highest BCUT2D eigenvalue weighted by Crippen LogP contribution is 2.40. The molecular weight excluding hydrogens is 678 g/mol. The molecule has 6 rings (SSSR count). The SMILES string of the molecule is CCCCC(CC)COc1ccc(-c2ccc3[nH]c4c(-c5cccc(Br)c5)cc(-c5ccc(OCC(CC)CCCC)cc5)cc4c3c2)cc1. The molecule has 4 heteroatoms. The lowest BCUT2D eigenvalue weighted by molar-refractivity contribution is 0.233. The second kappa shape index (κ2) is 17.3. The van der Waals surface area contributed by atoms with Crippen molar-refractivity contribution >= 4 is 37.7 Å². The number of rotatable bonds is 17. The van der Waals surface area contributed by atoms with Crippen molar-refractivity contribution in [2.24, 2.45) is 11.8 Å². The summed E-state index contributed by atoms with van der Waals surface area (Å²) in [5.41, 5.74) is 9.38. The maximum absolute atomic E-state index is 6.26. The smallest absolute Gasteiger partial charge is 0.119 e.